The van der Waals surface area contributed by atoms with Crippen LogP contribution in [-0.2, 0) is 19.1 Å². The summed E-state index contributed by atoms with van der Waals surface area (Å²) in [6.45, 7) is 0. The summed E-state index contributed by atoms with van der Waals surface area (Å²) in [7, 11) is 2.32. The maximum absolute atomic E-state index is 11.2. The van der Waals surface area contributed by atoms with E-state index in [1.165, 1.54) is 0 Å². The molecule has 6 heteroatoms. The van der Waals surface area contributed by atoms with Gasteiger partial charge in [0.15, 0.2) is 0 Å². The van der Waals surface area contributed by atoms with Crippen LogP contribution < -0.4 is 0 Å². The van der Waals surface area contributed by atoms with E-state index in [0.29, 0.717) is 0 Å². The van der Waals surface area contributed by atoms with Crippen LogP contribution in [0.4, 0.5) is 0 Å². The van der Waals surface area contributed by atoms with Crippen molar-refractivity contribution >= 4 is 11.9 Å². The number of methoxy groups -OCH3 is 2. The summed E-state index contributed by atoms with van der Waals surface area (Å²) in [6.07, 6.45) is -0.358. The molecule has 0 spiro atoms. The van der Waals surface area contributed by atoms with Gasteiger partial charge >= 0.3 is 11.9 Å². The molecule has 2 N–H and O–H groups in total. The Kier molecular flexibility index (Phi) is 3.68. The monoisotopic (exact) mass is 228 g/mol. The number of hydrogen-bond donors (Lipinski definition) is 2. The molecule has 0 aliphatic heterocycles. The lowest BCUT2D eigenvalue weighted by Crippen LogP contribution is -2.26. The van der Waals surface area contributed by atoms with E-state index >= 15 is 0 Å². The smallest absolute Gasteiger partial charge is 0.337 e. The Hall–Kier alpha value is -1.82. The zero-order valence-corrected chi connectivity index (χ0v) is 8.89. The molecular formula is C10H12O6. The predicted molar refractivity (Wildman–Crippen MR) is 52.4 cm³/mol. The molecule has 1 atom stereocenters. The van der Waals surface area contributed by atoms with Crippen LogP contribution in [0, 0.1) is 0 Å². The van der Waals surface area contributed by atoms with Gasteiger partial charge in [-0.05, 0) is 6.08 Å². The minimum atomic E-state index is -1.18. The molecule has 0 fully saturated rings. The highest BCUT2D eigenvalue weighted by Crippen LogP contribution is 2.24. The molecule has 1 unspecified atom stereocenters. The number of aliphatic hydroxyl groups is 2. The summed E-state index contributed by atoms with van der Waals surface area (Å²) >= 11 is 0. The summed E-state index contributed by atoms with van der Waals surface area (Å²) in [4.78, 5) is 22.3. The van der Waals surface area contributed by atoms with Crippen LogP contribution in [0.25, 0.3) is 0 Å². The molecule has 1 aliphatic rings. The van der Waals surface area contributed by atoms with E-state index in [1.54, 1.807) is 0 Å². The summed E-state index contributed by atoms with van der Waals surface area (Å²) in [5.74, 6) is -1.88. The molecule has 0 saturated carbocycles. The van der Waals surface area contributed by atoms with Gasteiger partial charge in [-0.2, -0.15) is 0 Å². The van der Waals surface area contributed by atoms with E-state index in [2.05, 4.69) is 9.47 Å². The van der Waals surface area contributed by atoms with Crippen LogP contribution in [-0.4, -0.2) is 42.5 Å². The van der Waals surface area contributed by atoms with E-state index in [1.807, 2.05) is 0 Å². The molecule has 88 valence electrons. The fourth-order valence-corrected chi connectivity index (χ4v) is 1.36. The highest BCUT2D eigenvalue weighted by atomic mass is 16.5. The Balaban J connectivity index is 3.06. The van der Waals surface area contributed by atoms with Crippen LogP contribution in [0.5, 0.6) is 0 Å². The van der Waals surface area contributed by atoms with Crippen molar-refractivity contribution < 1.29 is 29.3 Å². The summed E-state index contributed by atoms with van der Waals surface area (Å²) < 4.78 is 8.83. The SMILES string of the molecule is COC(=O)C1=CC(O)=C(C(=O)OC)CC1O. The second-order valence-corrected chi connectivity index (χ2v) is 3.17. The normalized spacial score (nSPS) is 20.2. The van der Waals surface area contributed by atoms with Crippen LogP contribution in [0.15, 0.2) is 23.0 Å². The number of carbonyl (C=O) groups excluding carboxylic acids is 2. The highest BCUT2D eigenvalue weighted by molar-refractivity contribution is 5.94. The van der Waals surface area contributed by atoms with Crippen molar-refractivity contribution in [2.45, 2.75) is 12.5 Å². The maximum Gasteiger partial charge on any atom is 0.337 e. The predicted octanol–water partition coefficient (Wildman–Crippen LogP) is -0.164. The van der Waals surface area contributed by atoms with Gasteiger partial charge in [-0.1, -0.05) is 0 Å². The number of ether oxygens (including phenoxy) is 2. The van der Waals surface area contributed by atoms with Crippen molar-refractivity contribution in [1.29, 1.82) is 0 Å². The average Bonchev–Trinajstić information content (AvgIpc) is 2.29. The summed E-state index contributed by atoms with van der Waals surface area (Å²) in [5.41, 5.74) is -0.157. The molecule has 1 rings (SSSR count). The number of carbonyl (C=O) groups is 2. The molecule has 0 aromatic carbocycles. The Bertz CT molecular complexity index is 379. The van der Waals surface area contributed by atoms with Gasteiger partial charge in [0.1, 0.15) is 5.76 Å². The standard InChI is InChI=1S/C10H12O6/c1-15-9(13)5-3-8(12)6(4-7(5)11)10(14)16-2/h3,7,11-12H,4H2,1-2H3. The van der Waals surface area contributed by atoms with Gasteiger partial charge in [-0.3, -0.25) is 0 Å². The molecule has 6 nitrogen and oxygen atoms in total. The quantitative estimate of drug-likeness (QED) is 0.638. The van der Waals surface area contributed by atoms with Gasteiger partial charge in [0.05, 0.1) is 31.5 Å². The molecule has 0 amide bonds. The number of rotatable bonds is 2. The molecule has 0 heterocycles. The fraction of sp³-hybridized carbons (Fsp3) is 0.400. The van der Waals surface area contributed by atoms with Crippen molar-refractivity contribution in [2.75, 3.05) is 14.2 Å². The van der Waals surface area contributed by atoms with Gasteiger partial charge in [-0.15, -0.1) is 0 Å². The lowest BCUT2D eigenvalue weighted by Gasteiger charge is -2.19. The Labute approximate surface area is 91.8 Å². The van der Waals surface area contributed by atoms with E-state index < -0.39 is 23.8 Å². The van der Waals surface area contributed by atoms with E-state index in [4.69, 9.17) is 0 Å². The third kappa shape index (κ3) is 2.22. The van der Waals surface area contributed by atoms with Crippen molar-refractivity contribution in [1.82, 2.24) is 0 Å². The minimum absolute atomic E-state index is 0.0670. The van der Waals surface area contributed by atoms with E-state index in [9.17, 15) is 19.8 Å². The first-order valence-electron chi connectivity index (χ1n) is 4.49. The molecule has 0 saturated heterocycles. The number of allylic oxidation sites excluding steroid dienone is 1. The average molecular weight is 228 g/mol. The van der Waals surface area contributed by atoms with Crippen LogP contribution in [0.1, 0.15) is 6.42 Å². The fourth-order valence-electron chi connectivity index (χ4n) is 1.36. The summed E-state index contributed by atoms with van der Waals surface area (Å²) in [6, 6.07) is 0. The molecule has 0 bridgehead atoms. The Morgan fingerprint density at radius 2 is 1.88 bits per heavy atom. The van der Waals surface area contributed by atoms with Gasteiger partial charge in [0, 0.05) is 6.42 Å². The first-order chi connectivity index (χ1) is 7.51. The largest absolute Gasteiger partial charge is 0.507 e. The summed E-state index contributed by atoms with van der Waals surface area (Å²) in [5, 5.41) is 19.1. The number of esters is 2. The first kappa shape index (κ1) is 12.3. The Morgan fingerprint density at radius 1 is 1.31 bits per heavy atom. The molecule has 16 heavy (non-hydrogen) atoms. The van der Waals surface area contributed by atoms with Crippen molar-refractivity contribution in [3.05, 3.63) is 23.0 Å². The lowest BCUT2D eigenvalue weighted by atomic mass is 9.94. The molecule has 0 aromatic rings. The molecular weight excluding hydrogens is 216 g/mol. The lowest BCUT2D eigenvalue weighted by molar-refractivity contribution is -0.139. The molecule has 0 aromatic heterocycles. The first-order valence-corrected chi connectivity index (χ1v) is 4.49. The second-order valence-electron chi connectivity index (χ2n) is 3.17. The van der Waals surface area contributed by atoms with Gasteiger partial charge in [-0.25, -0.2) is 9.59 Å². The van der Waals surface area contributed by atoms with Crippen molar-refractivity contribution in [3.8, 4) is 0 Å². The minimum Gasteiger partial charge on any atom is -0.507 e. The maximum atomic E-state index is 11.2. The third-order valence-corrected chi connectivity index (χ3v) is 2.21. The highest BCUT2D eigenvalue weighted by Gasteiger charge is 2.30. The number of hydrogen-bond acceptors (Lipinski definition) is 6. The van der Waals surface area contributed by atoms with E-state index in [-0.39, 0.29) is 17.6 Å². The zero-order chi connectivity index (χ0) is 12.3. The number of aliphatic hydroxyl groups excluding tert-OH is 2. The van der Waals surface area contributed by atoms with Crippen LogP contribution >= 0.6 is 0 Å². The van der Waals surface area contributed by atoms with E-state index in [0.717, 1.165) is 20.3 Å². The van der Waals surface area contributed by atoms with Crippen LogP contribution in [0.3, 0.4) is 0 Å². The van der Waals surface area contributed by atoms with Gasteiger partial charge < -0.3 is 19.7 Å². The van der Waals surface area contributed by atoms with Gasteiger partial charge in [0.2, 0.25) is 0 Å². The third-order valence-electron chi connectivity index (χ3n) is 2.21. The van der Waals surface area contributed by atoms with Crippen LogP contribution in [0.2, 0.25) is 0 Å². The van der Waals surface area contributed by atoms with Gasteiger partial charge in [0.25, 0.3) is 0 Å². The second kappa shape index (κ2) is 4.80. The molecule has 1 aliphatic carbocycles. The topological polar surface area (TPSA) is 93.1 Å². The van der Waals surface area contributed by atoms with Crippen molar-refractivity contribution in [3.63, 3.8) is 0 Å². The van der Waals surface area contributed by atoms with Crippen molar-refractivity contribution in [2.24, 2.45) is 0 Å². The molecule has 0 radical (unpaired) electrons. The zero-order valence-electron chi connectivity index (χ0n) is 8.89. The Morgan fingerprint density at radius 3 is 2.38 bits per heavy atom.